The van der Waals surface area contributed by atoms with E-state index in [0.717, 1.165) is 36.3 Å². The zero-order valence-electron chi connectivity index (χ0n) is 15.9. The van der Waals surface area contributed by atoms with Crippen LogP contribution in [-0.2, 0) is 28.7 Å². The Kier molecular flexibility index (Phi) is 5.84. The second-order valence-corrected chi connectivity index (χ2v) is 10.5. The lowest BCUT2D eigenvalue weighted by Gasteiger charge is -2.25. The van der Waals surface area contributed by atoms with Crippen LogP contribution in [0, 0.1) is 5.82 Å². The molecule has 29 heavy (non-hydrogen) atoms. The topological polar surface area (TPSA) is 91.4 Å². The fourth-order valence-corrected chi connectivity index (χ4v) is 6.36. The summed E-state index contributed by atoms with van der Waals surface area (Å²) in [6.07, 6.45) is 4.76. The quantitative estimate of drug-likeness (QED) is 0.750. The zero-order chi connectivity index (χ0) is 20.4. The van der Waals surface area contributed by atoms with Crippen LogP contribution in [0.5, 0.6) is 0 Å². The predicted molar refractivity (Wildman–Crippen MR) is 110 cm³/mol. The van der Waals surface area contributed by atoms with Gasteiger partial charge >= 0.3 is 6.03 Å². The normalized spacial score (nSPS) is 17.8. The van der Waals surface area contributed by atoms with Crippen molar-refractivity contribution in [1.82, 2.24) is 14.6 Å². The molecule has 2 amide bonds. The first-order chi connectivity index (χ1) is 13.9. The van der Waals surface area contributed by atoms with Gasteiger partial charge in [-0.1, -0.05) is 36.3 Å². The third kappa shape index (κ3) is 4.93. The first-order valence-corrected chi connectivity index (χ1v) is 12.1. The number of anilines is 1. The first kappa shape index (κ1) is 20.2. The lowest BCUT2D eigenvalue weighted by molar-refractivity contribution is 0.248. The van der Waals surface area contributed by atoms with Gasteiger partial charge in [0, 0.05) is 30.4 Å². The Balaban J connectivity index is 1.39. The standard InChI is InChI=1S/C19H23FN4O3S2/c20-14-5-3-4-13(10-14)12-29(26,27)24-9-8-16-17(11-24)28-19(22-16)23-18(25)21-15-6-1-2-7-15/h3-5,10,15H,1-2,6-9,11-12H2,(H2,21,22,23,25). The minimum Gasteiger partial charge on any atom is -0.335 e. The van der Waals surface area contributed by atoms with Crippen LogP contribution in [0.4, 0.5) is 14.3 Å². The van der Waals surface area contributed by atoms with E-state index in [9.17, 15) is 17.6 Å². The van der Waals surface area contributed by atoms with Crippen LogP contribution in [0.25, 0.3) is 0 Å². The van der Waals surface area contributed by atoms with Crippen LogP contribution in [0.15, 0.2) is 24.3 Å². The number of nitrogens with zero attached hydrogens (tertiary/aromatic N) is 2. The van der Waals surface area contributed by atoms with Crippen LogP contribution in [-0.4, -0.2) is 36.3 Å². The van der Waals surface area contributed by atoms with E-state index in [-0.39, 0.29) is 24.4 Å². The number of nitrogens with one attached hydrogen (secondary N) is 2. The number of carbonyl (C=O) groups excluding carboxylic acids is 1. The van der Waals surface area contributed by atoms with E-state index < -0.39 is 15.8 Å². The summed E-state index contributed by atoms with van der Waals surface area (Å²) >= 11 is 1.30. The molecular weight excluding hydrogens is 415 g/mol. The highest BCUT2D eigenvalue weighted by Gasteiger charge is 2.29. The highest BCUT2D eigenvalue weighted by molar-refractivity contribution is 7.88. The van der Waals surface area contributed by atoms with Crippen LogP contribution < -0.4 is 10.6 Å². The van der Waals surface area contributed by atoms with Gasteiger partial charge in [-0.3, -0.25) is 5.32 Å². The lowest BCUT2D eigenvalue weighted by atomic mass is 10.2. The molecule has 0 radical (unpaired) electrons. The van der Waals surface area contributed by atoms with Crippen molar-refractivity contribution in [2.45, 2.75) is 50.4 Å². The summed E-state index contributed by atoms with van der Waals surface area (Å²) < 4.78 is 40.3. The van der Waals surface area contributed by atoms with Crippen molar-refractivity contribution in [3.8, 4) is 0 Å². The lowest BCUT2D eigenvalue weighted by Crippen LogP contribution is -2.36. The second kappa shape index (κ2) is 8.37. The number of halogens is 1. The number of thiazole rings is 1. The van der Waals surface area contributed by atoms with E-state index in [1.165, 1.54) is 33.8 Å². The van der Waals surface area contributed by atoms with Gasteiger partial charge in [0.1, 0.15) is 5.82 Å². The summed E-state index contributed by atoms with van der Waals surface area (Å²) in [6.45, 7) is 0.540. The molecule has 1 aromatic carbocycles. The molecule has 156 valence electrons. The Morgan fingerprint density at radius 2 is 2.10 bits per heavy atom. The first-order valence-electron chi connectivity index (χ1n) is 9.67. The SMILES string of the molecule is O=C(Nc1nc2c(s1)CN(S(=O)(=O)Cc1cccc(F)c1)CC2)NC1CCCC1. The average Bonchev–Trinajstić information content (AvgIpc) is 3.29. The number of hydrogen-bond donors (Lipinski definition) is 2. The Hall–Kier alpha value is -2.04. The van der Waals surface area contributed by atoms with Gasteiger partial charge in [-0.25, -0.2) is 22.6 Å². The number of fused-ring (bicyclic) bond motifs is 1. The predicted octanol–water partition coefficient (Wildman–Crippen LogP) is 3.23. The van der Waals surface area contributed by atoms with Crippen LogP contribution in [0.2, 0.25) is 0 Å². The maximum absolute atomic E-state index is 13.4. The van der Waals surface area contributed by atoms with Crippen molar-refractivity contribution in [2.24, 2.45) is 0 Å². The van der Waals surface area contributed by atoms with Crippen LogP contribution >= 0.6 is 11.3 Å². The molecule has 0 bridgehead atoms. The van der Waals surface area contributed by atoms with E-state index in [4.69, 9.17) is 0 Å². The number of aromatic nitrogens is 1. The Morgan fingerprint density at radius 3 is 2.86 bits per heavy atom. The van der Waals surface area contributed by atoms with Gasteiger partial charge in [0.25, 0.3) is 0 Å². The Morgan fingerprint density at radius 1 is 1.31 bits per heavy atom. The molecule has 4 rings (SSSR count). The van der Waals surface area contributed by atoms with Crippen molar-refractivity contribution in [1.29, 1.82) is 0 Å². The molecule has 2 heterocycles. The maximum Gasteiger partial charge on any atom is 0.321 e. The van der Waals surface area contributed by atoms with Crippen molar-refractivity contribution in [3.63, 3.8) is 0 Å². The highest BCUT2D eigenvalue weighted by atomic mass is 32.2. The summed E-state index contributed by atoms with van der Waals surface area (Å²) in [6, 6.07) is 5.59. The monoisotopic (exact) mass is 438 g/mol. The number of rotatable bonds is 5. The molecule has 1 fully saturated rings. The molecule has 0 saturated heterocycles. The molecule has 2 aliphatic rings. The van der Waals surface area contributed by atoms with E-state index in [1.807, 2.05) is 0 Å². The minimum absolute atomic E-state index is 0.216. The van der Waals surface area contributed by atoms with Crippen molar-refractivity contribution in [2.75, 3.05) is 11.9 Å². The average molecular weight is 439 g/mol. The molecule has 0 atom stereocenters. The summed E-state index contributed by atoms with van der Waals surface area (Å²) in [7, 11) is -3.58. The van der Waals surface area contributed by atoms with Gasteiger partial charge in [-0.2, -0.15) is 4.31 Å². The number of sulfonamides is 1. The van der Waals surface area contributed by atoms with Gasteiger partial charge in [0.05, 0.1) is 11.4 Å². The van der Waals surface area contributed by atoms with E-state index in [1.54, 1.807) is 6.07 Å². The van der Waals surface area contributed by atoms with Crippen LogP contribution in [0.1, 0.15) is 41.8 Å². The van der Waals surface area contributed by atoms with Crippen molar-refractivity contribution >= 4 is 32.5 Å². The van der Waals surface area contributed by atoms with E-state index in [0.29, 0.717) is 23.7 Å². The molecule has 1 aromatic heterocycles. The smallest absolute Gasteiger partial charge is 0.321 e. The zero-order valence-corrected chi connectivity index (χ0v) is 17.5. The number of hydrogen-bond acceptors (Lipinski definition) is 5. The third-order valence-electron chi connectivity index (χ3n) is 5.24. The van der Waals surface area contributed by atoms with Gasteiger partial charge in [0.15, 0.2) is 5.13 Å². The summed E-state index contributed by atoms with van der Waals surface area (Å²) in [5.74, 6) is -0.693. The second-order valence-electron chi connectivity index (χ2n) is 7.44. The van der Waals surface area contributed by atoms with Crippen LogP contribution in [0.3, 0.4) is 0 Å². The van der Waals surface area contributed by atoms with Gasteiger partial charge in [-0.15, -0.1) is 0 Å². The van der Waals surface area contributed by atoms with Gasteiger partial charge < -0.3 is 5.32 Å². The molecule has 2 N–H and O–H groups in total. The highest BCUT2D eigenvalue weighted by Crippen LogP contribution is 2.30. The molecule has 1 saturated carbocycles. The molecule has 0 spiro atoms. The summed E-state index contributed by atoms with van der Waals surface area (Å²) in [5.41, 5.74) is 1.24. The molecule has 2 aromatic rings. The minimum atomic E-state index is -3.58. The number of benzene rings is 1. The molecule has 1 aliphatic carbocycles. The molecule has 7 nitrogen and oxygen atoms in total. The third-order valence-corrected chi connectivity index (χ3v) is 8.03. The number of urea groups is 1. The number of carbonyl (C=O) groups is 1. The molecular formula is C19H23FN4O3S2. The summed E-state index contributed by atoms with van der Waals surface area (Å²) in [5, 5.41) is 6.21. The van der Waals surface area contributed by atoms with E-state index >= 15 is 0 Å². The largest absolute Gasteiger partial charge is 0.335 e. The van der Waals surface area contributed by atoms with E-state index in [2.05, 4.69) is 15.6 Å². The fourth-order valence-electron chi connectivity index (χ4n) is 3.78. The Bertz CT molecular complexity index is 1000. The molecule has 1 aliphatic heterocycles. The summed E-state index contributed by atoms with van der Waals surface area (Å²) in [4.78, 5) is 17.4. The van der Waals surface area contributed by atoms with Gasteiger partial charge in [0.2, 0.25) is 10.0 Å². The van der Waals surface area contributed by atoms with Crippen molar-refractivity contribution in [3.05, 3.63) is 46.2 Å². The van der Waals surface area contributed by atoms with Gasteiger partial charge in [-0.05, 0) is 30.5 Å². The number of amides is 2. The molecule has 0 unspecified atom stereocenters. The van der Waals surface area contributed by atoms with Crippen molar-refractivity contribution < 1.29 is 17.6 Å². The maximum atomic E-state index is 13.4. The molecule has 10 heteroatoms. The fraction of sp³-hybridized carbons (Fsp3) is 0.474. The Labute approximate surface area is 173 Å².